The molecule has 1 aromatic heterocycles. The summed E-state index contributed by atoms with van der Waals surface area (Å²) in [6.07, 6.45) is 1.96. The van der Waals surface area contributed by atoms with Gasteiger partial charge in [-0.05, 0) is 36.8 Å². The third-order valence-corrected chi connectivity index (χ3v) is 4.53. The van der Waals surface area contributed by atoms with E-state index in [0.717, 1.165) is 25.9 Å². The van der Waals surface area contributed by atoms with Crippen LogP contribution in [0.15, 0.2) is 17.5 Å². The van der Waals surface area contributed by atoms with Gasteiger partial charge in [0, 0.05) is 25.1 Å². The molecular weight excluding hydrogens is 260 g/mol. The van der Waals surface area contributed by atoms with Crippen LogP contribution in [0.1, 0.15) is 17.7 Å². The second-order valence-electron chi connectivity index (χ2n) is 5.23. The molecule has 0 aliphatic carbocycles. The lowest BCUT2D eigenvalue weighted by molar-refractivity contribution is -0.131. The van der Waals surface area contributed by atoms with Gasteiger partial charge >= 0.3 is 0 Å². The van der Waals surface area contributed by atoms with E-state index >= 15 is 0 Å². The summed E-state index contributed by atoms with van der Waals surface area (Å²) in [7, 11) is 1.86. The maximum atomic E-state index is 12.1. The molecule has 1 aliphatic rings. The number of likely N-dealkylation sites (N-methyl/N-ethyl adjacent to an activating group) is 1. The number of likely N-dealkylation sites (tertiary alicyclic amines) is 1. The fourth-order valence-corrected chi connectivity index (χ4v) is 3.27. The largest absolute Gasteiger partial charge is 0.396 e. The minimum Gasteiger partial charge on any atom is -0.396 e. The minimum absolute atomic E-state index is 0.179. The van der Waals surface area contributed by atoms with Gasteiger partial charge in [0.05, 0.1) is 13.1 Å². The van der Waals surface area contributed by atoms with Crippen LogP contribution >= 0.6 is 11.3 Å². The third-order valence-electron chi connectivity index (χ3n) is 3.67. The lowest BCUT2D eigenvalue weighted by Gasteiger charge is -2.21. The number of hydrogen-bond acceptors (Lipinski definition) is 4. The SMILES string of the molecule is CN(Cc1cccs1)C(=O)CN1CCC(CCO)C1. The van der Waals surface area contributed by atoms with Gasteiger partial charge in [0.2, 0.25) is 5.91 Å². The lowest BCUT2D eigenvalue weighted by atomic mass is 10.1. The molecule has 2 heterocycles. The van der Waals surface area contributed by atoms with Crippen LogP contribution in [0.4, 0.5) is 0 Å². The standard InChI is InChI=1S/C14H22N2O2S/c1-15(10-13-3-2-8-19-13)14(18)11-16-6-4-12(9-16)5-7-17/h2-3,8,12,17H,4-7,9-11H2,1H3. The van der Waals surface area contributed by atoms with Crippen molar-refractivity contribution in [3.63, 3.8) is 0 Å². The highest BCUT2D eigenvalue weighted by Crippen LogP contribution is 2.19. The molecule has 1 amide bonds. The van der Waals surface area contributed by atoms with Crippen molar-refractivity contribution in [2.75, 3.05) is 33.3 Å². The first kappa shape index (κ1) is 14.5. The first-order valence-electron chi connectivity index (χ1n) is 6.78. The van der Waals surface area contributed by atoms with E-state index in [1.165, 1.54) is 4.88 Å². The van der Waals surface area contributed by atoms with Gasteiger partial charge in [-0.3, -0.25) is 9.69 Å². The van der Waals surface area contributed by atoms with Gasteiger partial charge in [0.1, 0.15) is 0 Å². The smallest absolute Gasteiger partial charge is 0.236 e. The Morgan fingerprint density at radius 3 is 3.16 bits per heavy atom. The van der Waals surface area contributed by atoms with Crippen LogP contribution in [0.2, 0.25) is 0 Å². The van der Waals surface area contributed by atoms with Crippen LogP contribution in [0, 0.1) is 5.92 Å². The van der Waals surface area contributed by atoms with Crippen LogP contribution in [0.3, 0.4) is 0 Å². The number of carbonyl (C=O) groups is 1. The Hall–Kier alpha value is -0.910. The van der Waals surface area contributed by atoms with Crippen molar-refractivity contribution in [3.8, 4) is 0 Å². The summed E-state index contributed by atoms with van der Waals surface area (Å²) in [6.45, 7) is 3.38. The zero-order valence-electron chi connectivity index (χ0n) is 11.4. The van der Waals surface area contributed by atoms with Crippen molar-refractivity contribution in [3.05, 3.63) is 22.4 Å². The van der Waals surface area contributed by atoms with E-state index in [1.807, 2.05) is 18.5 Å². The first-order chi connectivity index (χ1) is 9.19. The van der Waals surface area contributed by atoms with Gasteiger partial charge in [-0.1, -0.05) is 6.07 Å². The summed E-state index contributed by atoms with van der Waals surface area (Å²) in [5.74, 6) is 0.735. The molecule has 1 unspecified atom stereocenters. The van der Waals surface area contributed by atoms with E-state index in [0.29, 0.717) is 19.0 Å². The molecule has 0 spiro atoms. The van der Waals surface area contributed by atoms with Crippen LogP contribution in [0.5, 0.6) is 0 Å². The maximum absolute atomic E-state index is 12.1. The second kappa shape index (κ2) is 7.03. The monoisotopic (exact) mass is 282 g/mol. The number of aliphatic hydroxyl groups excluding tert-OH is 1. The molecule has 0 bridgehead atoms. The molecule has 1 saturated heterocycles. The van der Waals surface area contributed by atoms with Gasteiger partial charge in [0.15, 0.2) is 0 Å². The Kier molecular flexibility index (Phi) is 5.36. The predicted molar refractivity (Wildman–Crippen MR) is 77.0 cm³/mol. The molecule has 1 atom stereocenters. The summed E-state index contributed by atoms with van der Waals surface area (Å²) in [5.41, 5.74) is 0. The molecule has 19 heavy (non-hydrogen) atoms. The van der Waals surface area contributed by atoms with Gasteiger partial charge in [-0.25, -0.2) is 0 Å². The molecule has 2 rings (SSSR count). The fourth-order valence-electron chi connectivity index (χ4n) is 2.51. The number of amides is 1. The summed E-state index contributed by atoms with van der Waals surface area (Å²) in [5, 5.41) is 11.0. The molecule has 5 heteroatoms. The number of hydrogen-bond donors (Lipinski definition) is 1. The Bertz CT molecular complexity index is 394. The van der Waals surface area contributed by atoms with Gasteiger partial charge in [-0.15, -0.1) is 11.3 Å². The van der Waals surface area contributed by atoms with E-state index in [9.17, 15) is 4.79 Å². The van der Waals surface area contributed by atoms with Crippen molar-refractivity contribution in [1.29, 1.82) is 0 Å². The molecule has 1 fully saturated rings. The maximum Gasteiger partial charge on any atom is 0.236 e. The Morgan fingerprint density at radius 2 is 2.47 bits per heavy atom. The highest BCUT2D eigenvalue weighted by atomic mass is 32.1. The number of aliphatic hydroxyl groups is 1. The Morgan fingerprint density at radius 1 is 1.63 bits per heavy atom. The van der Waals surface area contributed by atoms with Gasteiger partial charge in [0.25, 0.3) is 0 Å². The average Bonchev–Trinajstić information content (AvgIpc) is 3.02. The molecular formula is C14H22N2O2S. The van der Waals surface area contributed by atoms with Crippen molar-refractivity contribution in [1.82, 2.24) is 9.80 Å². The van der Waals surface area contributed by atoms with Crippen molar-refractivity contribution >= 4 is 17.2 Å². The van der Waals surface area contributed by atoms with E-state index in [-0.39, 0.29) is 12.5 Å². The molecule has 4 nitrogen and oxygen atoms in total. The zero-order valence-corrected chi connectivity index (χ0v) is 12.2. The minimum atomic E-state index is 0.179. The molecule has 106 valence electrons. The summed E-state index contributed by atoms with van der Waals surface area (Å²) in [6, 6.07) is 4.07. The summed E-state index contributed by atoms with van der Waals surface area (Å²) < 4.78 is 0. The highest BCUT2D eigenvalue weighted by Gasteiger charge is 2.24. The molecule has 0 radical (unpaired) electrons. The lowest BCUT2D eigenvalue weighted by Crippen LogP contribution is -2.37. The quantitative estimate of drug-likeness (QED) is 0.858. The van der Waals surface area contributed by atoms with Gasteiger partial charge < -0.3 is 10.0 Å². The van der Waals surface area contributed by atoms with E-state index < -0.39 is 0 Å². The molecule has 0 saturated carbocycles. The van der Waals surface area contributed by atoms with Crippen molar-refractivity contribution in [2.24, 2.45) is 5.92 Å². The zero-order chi connectivity index (χ0) is 13.7. The van der Waals surface area contributed by atoms with E-state index in [1.54, 1.807) is 16.2 Å². The van der Waals surface area contributed by atoms with E-state index in [2.05, 4.69) is 11.0 Å². The van der Waals surface area contributed by atoms with E-state index in [4.69, 9.17) is 5.11 Å². The van der Waals surface area contributed by atoms with Crippen LogP contribution < -0.4 is 0 Å². The number of nitrogens with zero attached hydrogens (tertiary/aromatic N) is 2. The number of thiophene rings is 1. The van der Waals surface area contributed by atoms with Gasteiger partial charge in [-0.2, -0.15) is 0 Å². The normalized spacial score (nSPS) is 19.8. The Balaban J connectivity index is 1.75. The van der Waals surface area contributed by atoms with Crippen LogP contribution in [-0.4, -0.2) is 54.1 Å². The first-order valence-corrected chi connectivity index (χ1v) is 7.66. The Labute approximate surface area is 118 Å². The predicted octanol–water partition coefficient (Wildman–Crippen LogP) is 1.41. The fraction of sp³-hybridized carbons (Fsp3) is 0.643. The molecule has 1 aliphatic heterocycles. The van der Waals surface area contributed by atoms with Crippen LogP contribution in [-0.2, 0) is 11.3 Å². The molecule has 1 aromatic rings. The third kappa shape index (κ3) is 4.30. The highest BCUT2D eigenvalue weighted by molar-refractivity contribution is 7.09. The van der Waals surface area contributed by atoms with Crippen LogP contribution in [0.25, 0.3) is 0 Å². The molecule has 0 aromatic carbocycles. The van der Waals surface area contributed by atoms with Crippen molar-refractivity contribution < 1.29 is 9.90 Å². The summed E-state index contributed by atoms with van der Waals surface area (Å²) in [4.78, 5) is 17.3. The second-order valence-corrected chi connectivity index (χ2v) is 6.26. The molecule has 1 N–H and O–H groups in total. The topological polar surface area (TPSA) is 43.8 Å². The average molecular weight is 282 g/mol. The number of carbonyl (C=O) groups excluding carboxylic acids is 1. The summed E-state index contributed by atoms with van der Waals surface area (Å²) >= 11 is 1.68. The number of rotatable bonds is 6. The van der Waals surface area contributed by atoms with Crippen molar-refractivity contribution in [2.45, 2.75) is 19.4 Å².